The van der Waals surface area contributed by atoms with E-state index in [0.29, 0.717) is 36.3 Å². The summed E-state index contributed by atoms with van der Waals surface area (Å²) in [4.78, 5) is 27.7. The zero-order chi connectivity index (χ0) is 21.3. The second-order valence-electron chi connectivity index (χ2n) is 7.85. The van der Waals surface area contributed by atoms with E-state index in [4.69, 9.17) is 5.73 Å². The van der Waals surface area contributed by atoms with Crippen LogP contribution in [0.4, 0.5) is 11.4 Å². The van der Waals surface area contributed by atoms with Crippen molar-refractivity contribution in [2.24, 2.45) is 0 Å². The third-order valence-corrected chi connectivity index (χ3v) is 5.76. The number of rotatable bonds is 4. The lowest BCUT2D eigenvalue weighted by Crippen LogP contribution is -2.50. The number of anilines is 2. The van der Waals surface area contributed by atoms with E-state index in [0.717, 1.165) is 28.7 Å². The number of hydrogen-bond acceptors (Lipinski definition) is 4. The van der Waals surface area contributed by atoms with Gasteiger partial charge in [-0.3, -0.25) is 9.59 Å². The topological polar surface area (TPSA) is 95.7 Å². The van der Waals surface area contributed by atoms with Crippen molar-refractivity contribution in [3.8, 4) is 5.75 Å². The molecule has 2 amide bonds. The van der Waals surface area contributed by atoms with Crippen LogP contribution >= 0.6 is 12.4 Å². The molecule has 4 N–H and O–H groups in total. The van der Waals surface area contributed by atoms with Gasteiger partial charge in [-0.25, -0.2) is 0 Å². The molecule has 1 aliphatic heterocycles. The fourth-order valence-corrected chi connectivity index (χ4v) is 3.87. The number of hydrogen-bond donors (Lipinski definition) is 3. The van der Waals surface area contributed by atoms with Gasteiger partial charge in [-0.2, -0.15) is 0 Å². The first-order valence-corrected chi connectivity index (χ1v) is 10.00. The molecule has 30 heavy (non-hydrogen) atoms. The van der Waals surface area contributed by atoms with Gasteiger partial charge in [0.25, 0.3) is 0 Å². The number of fused-ring (bicyclic) bond motifs is 1. The molecule has 0 aliphatic carbocycles. The number of nitrogen functional groups attached to an aromatic ring is 1. The van der Waals surface area contributed by atoms with Crippen LogP contribution in [0.15, 0.2) is 24.3 Å². The summed E-state index contributed by atoms with van der Waals surface area (Å²) in [6, 6.07) is 6.83. The Morgan fingerprint density at radius 1 is 1.17 bits per heavy atom. The molecule has 0 unspecified atom stereocenters. The van der Waals surface area contributed by atoms with E-state index in [1.807, 2.05) is 39.0 Å². The molecule has 0 spiro atoms. The maximum Gasteiger partial charge on any atom is 0.247 e. The van der Waals surface area contributed by atoms with E-state index in [2.05, 4.69) is 5.32 Å². The van der Waals surface area contributed by atoms with Crippen LogP contribution in [0.1, 0.15) is 47.6 Å². The van der Waals surface area contributed by atoms with Crippen LogP contribution in [-0.4, -0.2) is 27.9 Å². The van der Waals surface area contributed by atoms with Gasteiger partial charge < -0.3 is 21.1 Å². The first kappa shape index (κ1) is 23.5. The zero-order valence-electron chi connectivity index (χ0n) is 17.9. The summed E-state index contributed by atoms with van der Waals surface area (Å²) < 4.78 is 0. The monoisotopic (exact) mass is 431 g/mol. The highest BCUT2D eigenvalue weighted by molar-refractivity contribution is 5.98. The molecule has 2 aromatic rings. The lowest BCUT2D eigenvalue weighted by atomic mass is 9.92. The van der Waals surface area contributed by atoms with Gasteiger partial charge in [0.2, 0.25) is 11.8 Å². The van der Waals surface area contributed by atoms with Gasteiger partial charge in [0, 0.05) is 30.8 Å². The number of phenols is 1. The maximum atomic E-state index is 13.2. The number of halogens is 1. The van der Waals surface area contributed by atoms with Gasteiger partial charge in [-0.1, -0.05) is 13.0 Å². The largest absolute Gasteiger partial charge is 0.507 e. The molecular weight excluding hydrogens is 402 g/mol. The molecule has 1 heterocycles. The number of carbonyl (C=O) groups is 2. The summed E-state index contributed by atoms with van der Waals surface area (Å²) in [5.41, 5.74) is 11.5. The SMILES string of the molecule is CCCC(=O)N1Cc2cc(N)ccc2C[C@H]1C(=O)Nc1cc(C)c(O)c(C)c1C.Cl. The summed E-state index contributed by atoms with van der Waals surface area (Å²) >= 11 is 0. The minimum absolute atomic E-state index is 0. The summed E-state index contributed by atoms with van der Waals surface area (Å²) in [5, 5.41) is 13.1. The molecule has 0 fully saturated rings. The second kappa shape index (κ2) is 9.39. The van der Waals surface area contributed by atoms with Crippen LogP contribution in [0.25, 0.3) is 0 Å². The normalized spacial score (nSPS) is 15.2. The third-order valence-electron chi connectivity index (χ3n) is 5.76. The highest BCUT2D eigenvalue weighted by Crippen LogP contribution is 2.32. The zero-order valence-corrected chi connectivity index (χ0v) is 18.7. The Labute approximate surface area is 183 Å². The summed E-state index contributed by atoms with van der Waals surface area (Å²) in [6.07, 6.45) is 1.58. The smallest absolute Gasteiger partial charge is 0.247 e. The highest BCUT2D eigenvalue weighted by Gasteiger charge is 2.34. The van der Waals surface area contributed by atoms with Gasteiger partial charge in [-0.05, 0) is 73.2 Å². The van der Waals surface area contributed by atoms with Crippen molar-refractivity contribution in [3.63, 3.8) is 0 Å². The molecule has 0 saturated heterocycles. The number of nitrogens with zero attached hydrogens (tertiary/aromatic N) is 1. The Morgan fingerprint density at radius 3 is 2.53 bits per heavy atom. The van der Waals surface area contributed by atoms with Gasteiger partial charge in [0.15, 0.2) is 0 Å². The lowest BCUT2D eigenvalue weighted by molar-refractivity contribution is -0.140. The molecule has 0 bridgehead atoms. The van der Waals surface area contributed by atoms with E-state index in [-0.39, 0.29) is 30.0 Å². The van der Waals surface area contributed by atoms with E-state index >= 15 is 0 Å². The lowest BCUT2D eigenvalue weighted by Gasteiger charge is -2.36. The highest BCUT2D eigenvalue weighted by atomic mass is 35.5. The first-order valence-electron chi connectivity index (χ1n) is 10.00. The summed E-state index contributed by atoms with van der Waals surface area (Å²) in [5.74, 6) is -0.00976. The minimum atomic E-state index is -0.584. The van der Waals surface area contributed by atoms with Gasteiger partial charge in [-0.15, -0.1) is 12.4 Å². The van der Waals surface area contributed by atoms with Gasteiger partial charge in [0.05, 0.1) is 0 Å². The van der Waals surface area contributed by atoms with E-state index in [1.165, 1.54) is 0 Å². The fraction of sp³-hybridized carbons (Fsp3) is 0.391. The third kappa shape index (κ3) is 4.54. The molecule has 7 heteroatoms. The van der Waals surface area contributed by atoms with Gasteiger partial charge >= 0.3 is 0 Å². The molecule has 6 nitrogen and oxygen atoms in total. The first-order chi connectivity index (χ1) is 13.7. The average molecular weight is 432 g/mol. The Bertz CT molecular complexity index is 975. The molecule has 3 rings (SSSR count). The maximum absolute atomic E-state index is 13.2. The number of carbonyl (C=O) groups excluding carboxylic acids is 2. The number of aromatic hydroxyl groups is 1. The van der Waals surface area contributed by atoms with Crippen molar-refractivity contribution in [2.75, 3.05) is 11.1 Å². The van der Waals surface area contributed by atoms with Crippen LogP contribution in [0.5, 0.6) is 5.75 Å². The van der Waals surface area contributed by atoms with E-state index in [9.17, 15) is 14.7 Å². The molecular formula is C23H30ClN3O3. The number of nitrogens with two attached hydrogens (primary N) is 1. The van der Waals surface area contributed by atoms with Crippen molar-refractivity contribution in [3.05, 3.63) is 52.1 Å². The predicted octanol–water partition coefficient (Wildman–Crippen LogP) is 4.01. The number of phenolic OH excluding ortho intramolecular Hbond substituents is 1. The standard InChI is InChI=1S/C23H29N3O3.ClH/c1-5-6-21(27)26-12-17-10-18(24)8-7-16(17)11-20(26)23(29)25-19-9-13(2)22(28)15(4)14(19)3;/h7-10,20,28H,5-6,11-12,24H2,1-4H3,(H,25,29);1H/t20-;/m0./s1. The van der Waals surface area contributed by atoms with Crippen LogP contribution in [0.3, 0.4) is 0 Å². The molecule has 1 atom stereocenters. The Hall–Kier alpha value is -2.73. The van der Waals surface area contributed by atoms with Gasteiger partial charge in [0.1, 0.15) is 11.8 Å². The average Bonchev–Trinajstić information content (AvgIpc) is 2.69. The molecule has 0 saturated carbocycles. The molecule has 162 valence electrons. The van der Waals surface area contributed by atoms with Crippen molar-refractivity contribution in [1.29, 1.82) is 0 Å². The van der Waals surface area contributed by atoms with Crippen molar-refractivity contribution in [1.82, 2.24) is 4.90 Å². The van der Waals surface area contributed by atoms with Crippen LogP contribution < -0.4 is 11.1 Å². The van der Waals surface area contributed by atoms with Crippen molar-refractivity contribution in [2.45, 2.75) is 59.5 Å². The Morgan fingerprint density at radius 2 is 1.87 bits per heavy atom. The quantitative estimate of drug-likeness (QED) is 0.503. The van der Waals surface area contributed by atoms with Crippen molar-refractivity contribution >= 4 is 35.6 Å². The molecule has 0 radical (unpaired) electrons. The van der Waals surface area contributed by atoms with E-state index < -0.39 is 6.04 Å². The summed E-state index contributed by atoms with van der Waals surface area (Å²) in [6.45, 7) is 7.82. The van der Waals surface area contributed by atoms with E-state index in [1.54, 1.807) is 17.9 Å². The number of amides is 2. The van der Waals surface area contributed by atoms with Crippen LogP contribution in [-0.2, 0) is 22.6 Å². The molecule has 1 aliphatic rings. The summed E-state index contributed by atoms with van der Waals surface area (Å²) in [7, 11) is 0. The molecule has 0 aromatic heterocycles. The minimum Gasteiger partial charge on any atom is -0.507 e. The van der Waals surface area contributed by atoms with Crippen molar-refractivity contribution < 1.29 is 14.7 Å². The second-order valence-corrected chi connectivity index (χ2v) is 7.85. The Balaban J connectivity index is 0.00000320. The molecule has 2 aromatic carbocycles. The fourth-order valence-electron chi connectivity index (χ4n) is 3.87. The Kier molecular flexibility index (Phi) is 7.37. The number of aryl methyl sites for hydroxylation is 1. The van der Waals surface area contributed by atoms with Crippen LogP contribution in [0.2, 0.25) is 0 Å². The number of benzene rings is 2. The number of nitrogens with one attached hydrogen (secondary N) is 1. The predicted molar refractivity (Wildman–Crippen MR) is 122 cm³/mol. The van der Waals surface area contributed by atoms with Crippen LogP contribution in [0, 0.1) is 20.8 Å².